The second-order valence-corrected chi connectivity index (χ2v) is 11.7. The molecule has 0 saturated carbocycles. The molecular weight excluding hydrogens is 506 g/mol. The quantitative estimate of drug-likeness (QED) is 0.321. The number of hydrogen-bond donors (Lipinski definition) is 0. The molecule has 1 aromatic carbocycles. The molecule has 10 nitrogen and oxygen atoms in total. The van der Waals surface area contributed by atoms with Crippen molar-refractivity contribution < 1.29 is 14.3 Å². The van der Waals surface area contributed by atoms with Gasteiger partial charge in [-0.05, 0) is 44.0 Å². The molecule has 0 spiro atoms. The number of carbonyl (C=O) groups is 1. The third-order valence-corrected chi connectivity index (χ3v) is 8.26. The smallest absolute Gasteiger partial charge is 0.311 e. The summed E-state index contributed by atoms with van der Waals surface area (Å²) >= 11 is 0. The molecule has 6 rings (SSSR count). The van der Waals surface area contributed by atoms with Crippen LogP contribution in [0, 0.1) is 11.3 Å². The van der Waals surface area contributed by atoms with Gasteiger partial charge in [0.2, 0.25) is 5.95 Å². The Morgan fingerprint density at radius 1 is 1.02 bits per heavy atom. The van der Waals surface area contributed by atoms with Gasteiger partial charge in [0.1, 0.15) is 11.3 Å². The Balaban J connectivity index is 1.37. The zero-order chi connectivity index (χ0) is 28.0. The molecule has 2 aliphatic heterocycles. The molecule has 5 heterocycles. The number of imidazole rings is 1. The van der Waals surface area contributed by atoms with E-state index in [2.05, 4.69) is 46.4 Å². The summed E-state index contributed by atoms with van der Waals surface area (Å²) in [7, 11) is 1.46. The van der Waals surface area contributed by atoms with Crippen LogP contribution in [0.25, 0.3) is 28.0 Å². The standard InChI is InChI=1S/C30H37N7O3/c1-19(2)26-32-22-8-6-7-9-24(22)37(26)29-33-23-11-10-21(18-35-16-20(17-35)30(3,4)28(38)39-5)31-25(23)27(34-29)36-12-14-40-15-13-36/h6-11,19-20H,12-18H2,1-5H3. The van der Waals surface area contributed by atoms with Gasteiger partial charge in [-0.3, -0.25) is 14.3 Å². The first-order valence-electron chi connectivity index (χ1n) is 14.0. The largest absolute Gasteiger partial charge is 0.469 e. The lowest BCUT2D eigenvalue weighted by Gasteiger charge is -2.46. The van der Waals surface area contributed by atoms with E-state index in [1.54, 1.807) is 0 Å². The molecule has 0 aliphatic carbocycles. The number of likely N-dealkylation sites (tertiary alicyclic amines) is 1. The Labute approximate surface area is 234 Å². The zero-order valence-corrected chi connectivity index (χ0v) is 23.9. The second-order valence-electron chi connectivity index (χ2n) is 11.7. The summed E-state index contributed by atoms with van der Waals surface area (Å²) in [5.74, 6) is 2.66. The second kappa shape index (κ2) is 10.4. The van der Waals surface area contributed by atoms with Crippen molar-refractivity contribution in [1.29, 1.82) is 0 Å². The molecule has 2 saturated heterocycles. The maximum Gasteiger partial charge on any atom is 0.311 e. The first-order chi connectivity index (χ1) is 19.3. The average molecular weight is 544 g/mol. The van der Waals surface area contributed by atoms with Crippen LogP contribution < -0.4 is 4.90 Å². The van der Waals surface area contributed by atoms with E-state index in [1.165, 1.54) is 7.11 Å². The van der Waals surface area contributed by atoms with Crippen molar-refractivity contribution >= 4 is 33.9 Å². The van der Waals surface area contributed by atoms with Crippen LogP contribution in [-0.4, -0.2) is 81.9 Å². The lowest BCUT2D eigenvalue weighted by atomic mass is 9.74. The van der Waals surface area contributed by atoms with Crippen molar-refractivity contribution in [2.24, 2.45) is 11.3 Å². The summed E-state index contributed by atoms with van der Waals surface area (Å²) in [5.41, 5.74) is 3.98. The molecule has 0 N–H and O–H groups in total. The number of fused-ring (bicyclic) bond motifs is 2. The number of benzene rings is 1. The number of para-hydroxylation sites is 2. The molecule has 210 valence electrons. The topological polar surface area (TPSA) is 98.5 Å². The Bertz CT molecular complexity index is 1550. The van der Waals surface area contributed by atoms with E-state index in [0.717, 1.165) is 65.6 Å². The minimum Gasteiger partial charge on any atom is -0.469 e. The number of rotatable bonds is 7. The minimum atomic E-state index is -0.498. The lowest BCUT2D eigenvalue weighted by molar-refractivity contribution is -0.158. The van der Waals surface area contributed by atoms with Crippen LogP contribution in [0.15, 0.2) is 36.4 Å². The van der Waals surface area contributed by atoms with Gasteiger partial charge in [-0.2, -0.15) is 4.98 Å². The van der Waals surface area contributed by atoms with Crippen molar-refractivity contribution in [3.8, 4) is 5.95 Å². The molecule has 4 aromatic rings. The monoisotopic (exact) mass is 543 g/mol. The van der Waals surface area contributed by atoms with E-state index in [1.807, 2.05) is 32.0 Å². The third kappa shape index (κ3) is 4.69. The van der Waals surface area contributed by atoms with E-state index < -0.39 is 5.41 Å². The number of nitrogens with zero attached hydrogens (tertiary/aromatic N) is 7. The summed E-state index contributed by atoms with van der Waals surface area (Å²) in [6.07, 6.45) is 0. The normalized spacial score (nSPS) is 17.1. The van der Waals surface area contributed by atoms with Crippen molar-refractivity contribution in [2.45, 2.75) is 40.2 Å². The number of carbonyl (C=O) groups excluding carboxylic acids is 1. The molecule has 3 aromatic heterocycles. The first kappa shape index (κ1) is 26.6. The van der Waals surface area contributed by atoms with Crippen LogP contribution in [0.1, 0.15) is 45.1 Å². The van der Waals surface area contributed by atoms with Gasteiger partial charge in [-0.1, -0.05) is 26.0 Å². The molecule has 0 bridgehead atoms. The number of methoxy groups -OCH3 is 1. The van der Waals surface area contributed by atoms with E-state index in [0.29, 0.717) is 25.7 Å². The number of anilines is 1. The molecular formula is C30H37N7O3. The number of esters is 1. The fourth-order valence-electron chi connectivity index (χ4n) is 5.67. The van der Waals surface area contributed by atoms with Crippen LogP contribution in [0.2, 0.25) is 0 Å². The van der Waals surface area contributed by atoms with Gasteiger partial charge in [0.25, 0.3) is 0 Å². The molecule has 0 amide bonds. The zero-order valence-electron chi connectivity index (χ0n) is 23.9. The molecule has 0 radical (unpaired) electrons. The van der Waals surface area contributed by atoms with Crippen LogP contribution in [0.4, 0.5) is 5.82 Å². The molecule has 0 atom stereocenters. The molecule has 2 fully saturated rings. The first-order valence-corrected chi connectivity index (χ1v) is 14.0. The van der Waals surface area contributed by atoms with Crippen molar-refractivity contribution in [1.82, 2.24) is 29.4 Å². The van der Waals surface area contributed by atoms with Gasteiger partial charge >= 0.3 is 5.97 Å². The minimum absolute atomic E-state index is 0.157. The lowest BCUT2D eigenvalue weighted by Crippen LogP contribution is -2.54. The molecule has 0 unspecified atom stereocenters. The SMILES string of the molecule is COC(=O)C(C)(C)C1CN(Cc2ccc3nc(-n4c(C(C)C)nc5ccccc54)nc(N4CCOCC4)c3n2)C1. The Morgan fingerprint density at radius 3 is 2.50 bits per heavy atom. The Morgan fingerprint density at radius 2 is 1.77 bits per heavy atom. The number of morpholine rings is 1. The predicted octanol–water partition coefficient (Wildman–Crippen LogP) is 3.95. The van der Waals surface area contributed by atoms with Crippen LogP contribution in [-0.2, 0) is 20.8 Å². The summed E-state index contributed by atoms with van der Waals surface area (Å²) < 4.78 is 12.8. The summed E-state index contributed by atoms with van der Waals surface area (Å²) in [4.78, 5) is 37.0. The fraction of sp³-hybridized carbons (Fsp3) is 0.500. The van der Waals surface area contributed by atoms with Crippen molar-refractivity contribution in [3.63, 3.8) is 0 Å². The molecule has 10 heteroatoms. The number of aromatic nitrogens is 5. The summed E-state index contributed by atoms with van der Waals surface area (Å²) in [5, 5.41) is 0. The van der Waals surface area contributed by atoms with Crippen LogP contribution >= 0.6 is 0 Å². The maximum atomic E-state index is 12.2. The fourth-order valence-corrected chi connectivity index (χ4v) is 5.67. The Kier molecular flexibility index (Phi) is 6.92. The van der Waals surface area contributed by atoms with Gasteiger partial charge in [0, 0.05) is 38.6 Å². The highest BCUT2D eigenvalue weighted by molar-refractivity contribution is 5.87. The van der Waals surface area contributed by atoms with Gasteiger partial charge in [-0.15, -0.1) is 0 Å². The molecule has 40 heavy (non-hydrogen) atoms. The van der Waals surface area contributed by atoms with Gasteiger partial charge < -0.3 is 14.4 Å². The average Bonchev–Trinajstić information content (AvgIpc) is 3.34. The number of pyridine rings is 1. The Hall–Kier alpha value is -3.63. The highest BCUT2D eigenvalue weighted by Gasteiger charge is 2.44. The highest BCUT2D eigenvalue weighted by atomic mass is 16.5. The van der Waals surface area contributed by atoms with Gasteiger partial charge in [0.05, 0.1) is 48.0 Å². The van der Waals surface area contributed by atoms with Crippen LogP contribution in [0.5, 0.6) is 0 Å². The molecule has 2 aliphatic rings. The van der Waals surface area contributed by atoms with E-state index in [-0.39, 0.29) is 17.8 Å². The van der Waals surface area contributed by atoms with Gasteiger partial charge in [0.15, 0.2) is 5.82 Å². The predicted molar refractivity (Wildman–Crippen MR) is 154 cm³/mol. The third-order valence-electron chi connectivity index (χ3n) is 8.26. The van der Waals surface area contributed by atoms with Crippen molar-refractivity contribution in [2.75, 3.05) is 51.4 Å². The van der Waals surface area contributed by atoms with E-state index in [4.69, 9.17) is 29.4 Å². The van der Waals surface area contributed by atoms with Crippen molar-refractivity contribution in [3.05, 3.63) is 47.9 Å². The van der Waals surface area contributed by atoms with E-state index >= 15 is 0 Å². The number of hydrogen-bond acceptors (Lipinski definition) is 9. The highest BCUT2D eigenvalue weighted by Crippen LogP contribution is 2.36. The maximum absolute atomic E-state index is 12.2. The van der Waals surface area contributed by atoms with Gasteiger partial charge in [-0.25, -0.2) is 15.0 Å². The number of ether oxygens (including phenoxy) is 2. The van der Waals surface area contributed by atoms with Crippen LogP contribution in [0.3, 0.4) is 0 Å². The summed E-state index contributed by atoms with van der Waals surface area (Å²) in [6, 6.07) is 12.2. The van der Waals surface area contributed by atoms with E-state index in [9.17, 15) is 4.79 Å². The summed E-state index contributed by atoms with van der Waals surface area (Å²) in [6.45, 7) is 13.4.